The van der Waals surface area contributed by atoms with Crippen LogP contribution in [0.2, 0.25) is 0 Å². The average molecular weight is 491 g/mol. The Labute approximate surface area is 214 Å². The van der Waals surface area contributed by atoms with E-state index in [4.69, 9.17) is 4.74 Å². The van der Waals surface area contributed by atoms with Gasteiger partial charge in [0, 0.05) is 31.4 Å². The van der Waals surface area contributed by atoms with Gasteiger partial charge in [-0.15, -0.1) is 0 Å². The maximum atomic E-state index is 13.5. The van der Waals surface area contributed by atoms with Crippen molar-refractivity contribution in [2.24, 2.45) is 0 Å². The smallest absolute Gasteiger partial charge is 0.295 e. The summed E-state index contributed by atoms with van der Waals surface area (Å²) in [5, 5.41) is 11.6. The molecule has 1 saturated heterocycles. The van der Waals surface area contributed by atoms with Crippen LogP contribution in [0.15, 0.2) is 48.0 Å². The molecule has 1 unspecified atom stereocenters. The fourth-order valence-corrected chi connectivity index (χ4v) is 5.46. The van der Waals surface area contributed by atoms with Crippen LogP contribution >= 0.6 is 0 Å². The lowest BCUT2D eigenvalue weighted by Gasteiger charge is -2.35. The summed E-state index contributed by atoms with van der Waals surface area (Å²) in [4.78, 5) is 30.7. The van der Waals surface area contributed by atoms with Crippen LogP contribution in [0.1, 0.15) is 81.5 Å². The molecule has 1 saturated carbocycles. The molecule has 1 atom stereocenters. The van der Waals surface area contributed by atoms with E-state index in [1.54, 1.807) is 11.0 Å². The molecule has 0 aromatic heterocycles. The number of hydrogen-bond acceptors (Lipinski definition) is 5. The Morgan fingerprint density at radius 1 is 1.06 bits per heavy atom. The van der Waals surface area contributed by atoms with Crippen molar-refractivity contribution in [1.82, 2.24) is 4.90 Å². The second-order valence-electron chi connectivity index (χ2n) is 10.3. The van der Waals surface area contributed by atoms with Gasteiger partial charge in [-0.2, -0.15) is 0 Å². The molecule has 1 N–H and O–H groups in total. The first kappa shape index (κ1) is 25.8. The van der Waals surface area contributed by atoms with Gasteiger partial charge in [-0.1, -0.05) is 45.2 Å². The molecular formula is C30H38N2O4. The van der Waals surface area contributed by atoms with Gasteiger partial charge in [0.25, 0.3) is 11.7 Å². The monoisotopic (exact) mass is 490 g/mol. The number of hydrogen-bond donors (Lipinski definition) is 1. The lowest BCUT2D eigenvalue weighted by Crippen LogP contribution is -2.40. The summed E-state index contributed by atoms with van der Waals surface area (Å²) in [6, 6.07) is 12.8. The molecule has 1 heterocycles. The highest BCUT2D eigenvalue weighted by molar-refractivity contribution is 6.46. The Kier molecular flexibility index (Phi) is 7.72. The van der Waals surface area contributed by atoms with E-state index in [2.05, 4.69) is 13.8 Å². The molecule has 36 heavy (non-hydrogen) atoms. The Morgan fingerprint density at radius 3 is 2.31 bits per heavy atom. The molecule has 6 nitrogen and oxygen atoms in total. The Morgan fingerprint density at radius 2 is 1.72 bits per heavy atom. The number of amides is 1. The number of ether oxygens (including phenoxy) is 1. The van der Waals surface area contributed by atoms with Gasteiger partial charge in [-0.05, 0) is 67.1 Å². The lowest BCUT2D eigenvalue weighted by molar-refractivity contribution is -0.141. The number of carbonyl (C=O) groups excluding carboxylic acids is 2. The van der Waals surface area contributed by atoms with Crippen molar-refractivity contribution in [3.8, 4) is 5.75 Å². The van der Waals surface area contributed by atoms with E-state index in [1.807, 2.05) is 62.3 Å². The molecule has 1 aliphatic carbocycles. The molecule has 2 aromatic rings. The summed E-state index contributed by atoms with van der Waals surface area (Å²) in [6.45, 7) is 6.61. The number of rotatable bonds is 7. The molecule has 2 aromatic carbocycles. The second kappa shape index (κ2) is 10.8. The molecule has 4 rings (SSSR count). The van der Waals surface area contributed by atoms with Crippen molar-refractivity contribution >= 4 is 23.1 Å². The summed E-state index contributed by atoms with van der Waals surface area (Å²) in [7, 11) is 3.95. The van der Waals surface area contributed by atoms with Crippen LogP contribution in [0.3, 0.4) is 0 Å². The third-order valence-electron chi connectivity index (χ3n) is 7.38. The zero-order chi connectivity index (χ0) is 26.0. The number of anilines is 1. The van der Waals surface area contributed by atoms with Crippen LogP contribution in [0, 0.1) is 0 Å². The first-order valence-corrected chi connectivity index (χ1v) is 13.1. The number of nitrogens with zero attached hydrogens (tertiary/aromatic N) is 2. The third kappa shape index (κ3) is 4.86. The van der Waals surface area contributed by atoms with Crippen molar-refractivity contribution in [3.63, 3.8) is 0 Å². The number of Topliss-reactive ketones (excluding diaryl/α,β-unsaturated/α-hetero) is 1. The summed E-state index contributed by atoms with van der Waals surface area (Å²) < 4.78 is 5.78. The summed E-state index contributed by atoms with van der Waals surface area (Å²) >= 11 is 0. The van der Waals surface area contributed by atoms with Crippen molar-refractivity contribution < 1.29 is 19.4 Å². The van der Waals surface area contributed by atoms with Gasteiger partial charge in [0.1, 0.15) is 11.5 Å². The average Bonchev–Trinajstić information content (AvgIpc) is 3.14. The van der Waals surface area contributed by atoms with Gasteiger partial charge in [0.05, 0.1) is 18.2 Å². The second-order valence-corrected chi connectivity index (χ2v) is 10.3. The fraction of sp³-hybridized carbons (Fsp3) is 0.467. The number of aliphatic hydroxyl groups is 1. The molecule has 1 amide bonds. The van der Waals surface area contributed by atoms with Crippen LogP contribution in [0.4, 0.5) is 5.69 Å². The molecule has 0 bridgehead atoms. The van der Waals surface area contributed by atoms with Crippen LogP contribution in [-0.2, 0) is 9.59 Å². The predicted molar refractivity (Wildman–Crippen MR) is 143 cm³/mol. The Bertz CT molecular complexity index is 1140. The van der Waals surface area contributed by atoms with Crippen molar-refractivity contribution in [2.75, 3.05) is 25.6 Å². The van der Waals surface area contributed by atoms with Gasteiger partial charge in [-0.25, -0.2) is 0 Å². The number of likely N-dealkylation sites (tertiary alicyclic amines) is 1. The highest BCUT2D eigenvalue weighted by atomic mass is 16.5. The van der Waals surface area contributed by atoms with E-state index >= 15 is 0 Å². The van der Waals surface area contributed by atoms with Gasteiger partial charge in [0.2, 0.25) is 0 Å². The molecule has 2 aliphatic rings. The van der Waals surface area contributed by atoms with E-state index < -0.39 is 17.7 Å². The van der Waals surface area contributed by atoms with Crippen LogP contribution < -0.4 is 9.64 Å². The van der Waals surface area contributed by atoms with Crippen molar-refractivity contribution in [1.29, 1.82) is 0 Å². The van der Waals surface area contributed by atoms with Gasteiger partial charge < -0.3 is 19.6 Å². The van der Waals surface area contributed by atoms with E-state index in [0.717, 1.165) is 54.7 Å². The quantitative estimate of drug-likeness (QED) is 0.292. The molecule has 2 fully saturated rings. The summed E-state index contributed by atoms with van der Waals surface area (Å²) in [5.74, 6) is -0.320. The topological polar surface area (TPSA) is 70.1 Å². The first-order chi connectivity index (χ1) is 17.2. The lowest BCUT2D eigenvalue weighted by atomic mass is 9.90. The fourth-order valence-electron chi connectivity index (χ4n) is 5.46. The van der Waals surface area contributed by atoms with Gasteiger partial charge in [0.15, 0.2) is 0 Å². The standard InChI is InChI=1S/C30H38N2O4/c1-6-36-25-17-14-21(18-24(25)19(2)3)28(33)26-27(20-12-15-22(16-13-20)31(4)5)32(30(35)29(26)34)23-10-8-7-9-11-23/h12-19,23,27,33H,6-11H2,1-5H3/b28-26-. The van der Waals surface area contributed by atoms with Crippen LogP contribution in [0.25, 0.3) is 5.76 Å². The summed E-state index contributed by atoms with van der Waals surface area (Å²) in [5.41, 5.74) is 3.51. The molecule has 0 radical (unpaired) electrons. The molecular weight excluding hydrogens is 452 g/mol. The minimum atomic E-state index is -0.613. The Hall–Kier alpha value is -3.28. The minimum absolute atomic E-state index is 0.00872. The SMILES string of the molecule is CCOc1ccc(/C(O)=C2/C(=O)C(=O)N(C3CCCCC3)C2c2ccc(N(C)C)cc2)cc1C(C)C. The van der Waals surface area contributed by atoms with E-state index in [1.165, 1.54) is 0 Å². The first-order valence-electron chi connectivity index (χ1n) is 13.1. The molecule has 0 spiro atoms. The van der Waals surface area contributed by atoms with E-state index in [9.17, 15) is 14.7 Å². The van der Waals surface area contributed by atoms with Crippen molar-refractivity contribution in [2.45, 2.75) is 70.9 Å². The normalized spacial score (nSPS) is 20.3. The van der Waals surface area contributed by atoms with Crippen molar-refractivity contribution in [3.05, 3.63) is 64.7 Å². The highest BCUT2D eigenvalue weighted by Gasteiger charge is 2.48. The summed E-state index contributed by atoms with van der Waals surface area (Å²) in [6.07, 6.45) is 4.97. The van der Waals surface area contributed by atoms with Gasteiger partial charge in [-0.3, -0.25) is 9.59 Å². The largest absolute Gasteiger partial charge is 0.507 e. The van der Waals surface area contributed by atoms with Crippen LogP contribution in [0.5, 0.6) is 5.75 Å². The molecule has 1 aliphatic heterocycles. The molecule has 6 heteroatoms. The maximum absolute atomic E-state index is 13.5. The number of ketones is 1. The minimum Gasteiger partial charge on any atom is -0.507 e. The Balaban J connectivity index is 1.86. The maximum Gasteiger partial charge on any atom is 0.295 e. The van der Waals surface area contributed by atoms with E-state index in [-0.39, 0.29) is 23.3 Å². The number of carbonyl (C=O) groups is 2. The van der Waals surface area contributed by atoms with Gasteiger partial charge >= 0.3 is 0 Å². The number of aliphatic hydroxyl groups excluding tert-OH is 1. The zero-order valence-electron chi connectivity index (χ0n) is 22.1. The zero-order valence-corrected chi connectivity index (χ0v) is 22.1. The van der Waals surface area contributed by atoms with E-state index in [0.29, 0.717) is 12.2 Å². The number of benzene rings is 2. The predicted octanol–water partition coefficient (Wildman–Crippen LogP) is 6.03. The molecule has 192 valence electrons. The van der Waals surface area contributed by atoms with Crippen LogP contribution in [-0.4, -0.2) is 48.4 Å². The third-order valence-corrected chi connectivity index (χ3v) is 7.38. The highest BCUT2D eigenvalue weighted by Crippen LogP contribution is 2.44.